The van der Waals surface area contributed by atoms with E-state index in [9.17, 15) is 30.2 Å². The molecule has 13 rings (SSSR count). The highest BCUT2D eigenvalue weighted by atomic mass is 16.3. The maximum absolute atomic E-state index is 10.4. The minimum absolute atomic E-state index is 0.220. The van der Waals surface area contributed by atoms with Crippen molar-refractivity contribution in [3.63, 3.8) is 0 Å². The zero-order valence-electron chi connectivity index (χ0n) is 71.4. The fourth-order valence-corrected chi connectivity index (χ4v) is 7.41. The van der Waals surface area contributed by atoms with Gasteiger partial charge in [0.15, 0.2) is 0 Å². The molecule has 11 aromatic carbocycles. The fourth-order valence-electron chi connectivity index (χ4n) is 7.41. The van der Waals surface area contributed by atoms with Crippen LogP contribution in [-0.4, -0.2) is 4.57 Å². The monoisotopic (exact) mass is 868 g/mol. The van der Waals surface area contributed by atoms with Crippen LogP contribution in [0.3, 0.4) is 0 Å². The first-order valence-corrected chi connectivity index (χ1v) is 19.1. The van der Waals surface area contributed by atoms with E-state index in [1.807, 2.05) is 0 Å². The molecule has 0 amide bonds. The first-order valence-electron chi connectivity index (χ1n) is 38.6. The van der Waals surface area contributed by atoms with Gasteiger partial charge >= 0.3 is 0 Å². The highest BCUT2D eigenvalue weighted by Gasteiger charge is 2.26. The van der Waals surface area contributed by atoms with Crippen LogP contribution in [0.15, 0.2) is 246 Å². The number of rotatable bonds is 7. The van der Waals surface area contributed by atoms with Gasteiger partial charge in [0.05, 0.1) is 81.4 Å². The molecule has 0 aliphatic carbocycles. The third-order valence-electron chi connectivity index (χ3n) is 10.2. The van der Waals surface area contributed by atoms with Crippen molar-refractivity contribution in [1.82, 2.24) is 4.57 Å². The van der Waals surface area contributed by atoms with E-state index in [1.165, 1.54) is 0 Å². The second kappa shape index (κ2) is 15.0. The average molecular weight is 868 g/mol. The van der Waals surface area contributed by atoms with Gasteiger partial charge in [-0.15, -0.1) is 0 Å². The summed E-state index contributed by atoms with van der Waals surface area (Å²) < 4.78 is 369. The van der Waals surface area contributed by atoms with Crippen LogP contribution in [0.5, 0.6) is 0 Å². The molecular weight excluding hydrogens is 789 g/mol. The predicted octanol–water partition coefficient (Wildman–Crippen LogP) is 17.5. The van der Waals surface area contributed by atoms with Crippen molar-refractivity contribution in [2.24, 2.45) is 0 Å². The molecule has 0 radical (unpaired) electrons. The Morgan fingerprint density at radius 2 is 0.908 bits per heavy atom. The molecule has 0 atom stereocenters. The predicted molar refractivity (Wildman–Crippen MR) is 274 cm³/mol. The lowest BCUT2D eigenvalue weighted by Gasteiger charge is -2.29. The van der Waals surface area contributed by atoms with Gasteiger partial charge in [-0.2, -0.15) is 0 Å². The van der Waals surface area contributed by atoms with E-state index in [0.29, 0.717) is 4.57 Å². The molecule has 0 fully saturated rings. The second-order valence-electron chi connectivity index (χ2n) is 13.8. The molecule has 3 heteroatoms. The summed E-state index contributed by atoms with van der Waals surface area (Å²) in [7, 11) is 0. The topological polar surface area (TPSA) is 21.3 Å². The van der Waals surface area contributed by atoms with Crippen molar-refractivity contribution in [3.05, 3.63) is 242 Å². The summed E-state index contributed by atoms with van der Waals surface area (Å²) in [6, 6.07) is -42.6. The van der Waals surface area contributed by atoms with Crippen molar-refractivity contribution >= 4 is 82.4 Å². The minimum atomic E-state index is -1.49. The number of anilines is 3. The largest absolute Gasteiger partial charge is 0.455 e. The number of hydrogen-bond acceptors (Lipinski definition) is 2. The summed E-state index contributed by atoms with van der Waals surface area (Å²) in [4.78, 5) is 0.220. The number of nitrogens with zero attached hydrogens (tertiary/aromatic N) is 2. The minimum Gasteiger partial charge on any atom is -0.455 e. The van der Waals surface area contributed by atoms with Crippen molar-refractivity contribution in [1.29, 1.82) is 0 Å². The fraction of sp³-hybridized carbons (Fsp3) is 0. The molecule has 13 aromatic rings. The summed E-state index contributed by atoms with van der Waals surface area (Å²) in [5.41, 5.74) is -15.0. The number of furan rings is 1. The van der Waals surface area contributed by atoms with Gasteiger partial charge in [0.25, 0.3) is 0 Å². The van der Waals surface area contributed by atoms with E-state index in [0.717, 1.165) is 6.07 Å². The van der Waals surface area contributed by atoms with E-state index in [1.54, 1.807) is 0 Å². The lowest BCUT2D eigenvalue weighted by atomic mass is 9.96. The Morgan fingerprint density at radius 3 is 1.58 bits per heavy atom. The van der Waals surface area contributed by atoms with E-state index < -0.39 is 357 Å². The van der Waals surface area contributed by atoms with E-state index in [4.69, 9.17) is 27.7 Å². The van der Waals surface area contributed by atoms with Crippen molar-refractivity contribution in [2.45, 2.75) is 0 Å². The van der Waals surface area contributed by atoms with Gasteiger partial charge in [-0.25, -0.2) is 0 Å². The number of hydrogen-bond donors (Lipinski definition) is 0. The van der Waals surface area contributed by atoms with Gasteiger partial charge in [0.1, 0.15) is 11.2 Å². The van der Waals surface area contributed by atoms with Crippen molar-refractivity contribution < 1.29 is 57.9 Å². The van der Waals surface area contributed by atoms with Gasteiger partial charge < -0.3 is 13.9 Å². The first-order chi connectivity index (χ1) is 48.5. The molecule has 3 nitrogen and oxygen atoms in total. The van der Waals surface area contributed by atoms with Gasteiger partial charge in [-0.1, -0.05) is 169 Å². The Labute approximate surface area is 431 Å². The average Bonchev–Trinajstić information content (AvgIpc) is 1.39. The quantitative estimate of drug-likeness (QED) is 0.159. The lowest BCUT2D eigenvalue weighted by molar-refractivity contribution is 0.670. The number of benzene rings is 11. The molecule has 0 unspecified atom stereocenters. The van der Waals surface area contributed by atoms with E-state index in [-0.39, 0.29) is 4.90 Å². The Balaban J connectivity index is 1.31. The zero-order chi connectivity index (χ0) is 76.8. The molecule has 2 aromatic heterocycles. The standard InChI is InChI=1S/C62H40N2O/c1-3-15-45-39-47(27-25-41(45)13-1)43-29-33-49(34-30-43)63(50-35-31-44(32-36-50)48-28-26-42-14-2-4-16-46(42)40-48)59-38-37-54-53-19-8-12-24-60(53)65-62(54)61(59)55-20-7-11-23-58(55)64-56-21-9-5-17-51(56)52-18-6-10-22-57(52)64/h1-40H/i1D,2D,3D,4D,5D,6D,7D,8D,9D,10D,11D,12D,13D,14D,15D,16D,17D,18D,19D,20D,21D,23D,24D,25D,26D,27D,28D,29D,30D,31D,32D,33D,34D,35D,36D,37D,38D,39D,40D. The summed E-state index contributed by atoms with van der Waals surface area (Å²) in [6.45, 7) is 0. The van der Waals surface area contributed by atoms with Crippen LogP contribution in [0.4, 0.5) is 17.1 Å². The summed E-state index contributed by atoms with van der Waals surface area (Å²) in [5.74, 6) is 0. The van der Waals surface area contributed by atoms with Crippen LogP contribution in [0, 0.1) is 0 Å². The molecule has 0 spiro atoms. The molecule has 0 saturated carbocycles. The highest BCUT2D eigenvalue weighted by molar-refractivity contribution is 6.15. The van der Waals surface area contributed by atoms with Crippen molar-refractivity contribution in [2.75, 3.05) is 4.90 Å². The number of aromatic nitrogens is 1. The van der Waals surface area contributed by atoms with Gasteiger partial charge in [0, 0.05) is 38.5 Å². The Morgan fingerprint density at radius 1 is 0.385 bits per heavy atom. The maximum Gasteiger partial charge on any atom is 0.145 e. The van der Waals surface area contributed by atoms with Crippen LogP contribution in [-0.2, 0) is 0 Å². The highest BCUT2D eigenvalue weighted by Crippen LogP contribution is 2.49. The maximum atomic E-state index is 10.4. The Kier molecular flexibility index (Phi) is 3.46. The van der Waals surface area contributed by atoms with Crippen LogP contribution < -0.4 is 4.90 Å². The van der Waals surface area contributed by atoms with Crippen LogP contribution in [0.25, 0.3) is 104 Å². The molecule has 0 N–H and O–H groups in total. The molecule has 0 aliphatic heterocycles. The summed E-state index contributed by atoms with van der Waals surface area (Å²) >= 11 is 0. The second-order valence-corrected chi connectivity index (χ2v) is 13.8. The molecule has 0 aliphatic rings. The number of fused-ring (bicyclic) bond motifs is 8. The third-order valence-corrected chi connectivity index (χ3v) is 10.2. The smallest absolute Gasteiger partial charge is 0.145 e. The molecular formula is C62H40N2O. The van der Waals surface area contributed by atoms with E-state index in [2.05, 4.69) is 0 Å². The summed E-state index contributed by atoms with van der Waals surface area (Å²) in [5, 5.41) is -5.60. The zero-order valence-corrected chi connectivity index (χ0v) is 32.4. The van der Waals surface area contributed by atoms with Crippen LogP contribution >= 0.6 is 0 Å². The Bertz CT molecular complexity index is 6050. The first kappa shape index (κ1) is 15.0. The third kappa shape index (κ3) is 6.12. The van der Waals surface area contributed by atoms with Crippen LogP contribution in [0.1, 0.15) is 53.5 Å². The van der Waals surface area contributed by atoms with Gasteiger partial charge in [-0.05, 0) is 116 Å². The van der Waals surface area contributed by atoms with Gasteiger partial charge in [0.2, 0.25) is 0 Å². The molecule has 304 valence electrons. The summed E-state index contributed by atoms with van der Waals surface area (Å²) in [6.07, 6.45) is 0. The Hall–Kier alpha value is -8.66. The van der Waals surface area contributed by atoms with Crippen molar-refractivity contribution in [3.8, 4) is 39.1 Å². The lowest BCUT2D eigenvalue weighted by Crippen LogP contribution is -2.12. The van der Waals surface area contributed by atoms with E-state index >= 15 is 0 Å². The molecule has 2 heterocycles. The normalized spacial score (nSPS) is 20.1. The molecule has 0 saturated heterocycles. The van der Waals surface area contributed by atoms with Crippen LogP contribution in [0.2, 0.25) is 0 Å². The number of para-hydroxylation sites is 4. The molecule has 65 heavy (non-hydrogen) atoms. The van der Waals surface area contributed by atoms with Gasteiger partial charge in [-0.3, -0.25) is 0 Å². The SMILES string of the molecule is [2H]c1cc2c(c([2H])c1[2H])c1c([2H])c([2H])c([2H])c([2H])c1n2-c1c([2H])c([2H])c([2H])c([2H])c1-c1c(N(c2c([2H])c([2H])c(-c3c([2H])c([2H])c4c([2H])c([2H])c([2H])c([2H])c4c3[2H])c([2H])c2[2H])c2c([2H])c([2H])c(-c3c([2H])c([2H])c4c([2H])c([2H])c([2H])c([2H])c4c3[2H])c([2H])c2[2H])c([2H])c([2H])c2c1oc1c([2H])c([2H])c([2H])c([2H])c12. The molecule has 0 bridgehead atoms.